The highest BCUT2D eigenvalue weighted by molar-refractivity contribution is 5.95. The first-order chi connectivity index (χ1) is 11.5. The summed E-state index contributed by atoms with van der Waals surface area (Å²) in [6, 6.07) is 4.63. The molecule has 3 aromatic rings. The number of aliphatic hydroxyl groups excluding tert-OH is 1. The molecule has 1 aromatic carbocycles. The second kappa shape index (κ2) is 6.20. The van der Waals surface area contributed by atoms with Gasteiger partial charge in [0.25, 0.3) is 0 Å². The van der Waals surface area contributed by atoms with E-state index in [1.807, 2.05) is 0 Å². The van der Waals surface area contributed by atoms with Gasteiger partial charge in [-0.2, -0.15) is 5.10 Å². The van der Waals surface area contributed by atoms with Crippen LogP contribution in [0.2, 0.25) is 0 Å². The van der Waals surface area contributed by atoms with Gasteiger partial charge in [0.05, 0.1) is 18.4 Å². The molecule has 0 saturated carbocycles. The molecule has 0 bridgehead atoms. The number of carbonyl (C=O) groups excluding carboxylic acids is 1. The van der Waals surface area contributed by atoms with Gasteiger partial charge in [-0.25, -0.2) is 23.1 Å². The molecule has 0 aliphatic carbocycles. The molecule has 9 heteroatoms. The van der Waals surface area contributed by atoms with Gasteiger partial charge in [0.1, 0.15) is 5.69 Å². The molecule has 24 heavy (non-hydrogen) atoms. The van der Waals surface area contributed by atoms with E-state index in [1.165, 1.54) is 10.6 Å². The first-order valence-electron chi connectivity index (χ1n) is 6.82. The van der Waals surface area contributed by atoms with Crippen LogP contribution in [0.4, 0.5) is 14.5 Å². The molecule has 2 heterocycles. The molecular weight excluding hydrogens is 322 g/mol. The number of hydrogen-bond acceptors (Lipinski definition) is 6. The van der Waals surface area contributed by atoms with Crippen LogP contribution in [-0.2, 0) is 4.74 Å². The Morgan fingerprint density at radius 2 is 2.08 bits per heavy atom. The molecular formula is C15H12F2N4O3. The lowest BCUT2D eigenvalue weighted by Crippen LogP contribution is -2.15. The van der Waals surface area contributed by atoms with Crippen LogP contribution in [-0.4, -0.2) is 32.8 Å². The summed E-state index contributed by atoms with van der Waals surface area (Å²) >= 11 is 0. The minimum absolute atomic E-state index is 0.127. The average molecular weight is 334 g/mol. The second-order valence-electron chi connectivity index (χ2n) is 4.84. The van der Waals surface area contributed by atoms with Gasteiger partial charge in [0, 0.05) is 24.5 Å². The lowest BCUT2D eigenvalue weighted by Gasteiger charge is -2.15. The standard InChI is InChI=1S/C15H12F2N4O3/c1-24-15(23)8-5-9(16)10(17)6-11(8)19-14(22)12-7-13-18-3-2-4-21(13)20-12/h2-7,14,19,22H,1H3. The third kappa shape index (κ3) is 2.88. The van der Waals surface area contributed by atoms with Crippen molar-refractivity contribution in [3.63, 3.8) is 0 Å². The summed E-state index contributed by atoms with van der Waals surface area (Å²) in [6.45, 7) is 0. The summed E-state index contributed by atoms with van der Waals surface area (Å²) in [6.07, 6.45) is 1.82. The van der Waals surface area contributed by atoms with Crippen molar-refractivity contribution in [2.24, 2.45) is 0 Å². The van der Waals surface area contributed by atoms with Gasteiger partial charge in [-0.3, -0.25) is 0 Å². The van der Waals surface area contributed by atoms with Crippen LogP contribution < -0.4 is 5.32 Å². The van der Waals surface area contributed by atoms with Crippen molar-refractivity contribution >= 4 is 17.3 Å². The van der Waals surface area contributed by atoms with Crippen LogP contribution in [0.25, 0.3) is 5.65 Å². The Balaban J connectivity index is 1.94. The summed E-state index contributed by atoms with van der Waals surface area (Å²) in [7, 11) is 1.11. The predicted molar refractivity (Wildman–Crippen MR) is 79.3 cm³/mol. The number of anilines is 1. The molecule has 3 rings (SSSR count). The summed E-state index contributed by atoms with van der Waals surface area (Å²) in [5.41, 5.74) is 0.302. The van der Waals surface area contributed by atoms with Crippen LogP contribution in [0.5, 0.6) is 0 Å². The van der Waals surface area contributed by atoms with Gasteiger partial charge in [-0.1, -0.05) is 0 Å². The molecule has 0 aliphatic rings. The van der Waals surface area contributed by atoms with Crippen molar-refractivity contribution in [2.75, 3.05) is 12.4 Å². The molecule has 1 unspecified atom stereocenters. The second-order valence-corrected chi connectivity index (χ2v) is 4.84. The fourth-order valence-electron chi connectivity index (χ4n) is 2.15. The number of nitrogens with zero attached hydrogens (tertiary/aromatic N) is 3. The number of nitrogens with one attached hydrogen (secondary N) is 1. The van der Waals surface area contributed by atoms with Crippen molar-refractivity contribution in [3.8, 4) is 0 Å². The monoisotopic (exact) mass is 334 g/mol. The van der Waals surface area contributed by atoms with Crippen LogP contribution in [0.3, 0.4) is 0 Å². The molecule has 0 aliphatic heterocycles. The Morgan fingerprint density at radius 1 is 1.33 bits per heavy atom. The summed E-state index contributed by atoms with van der Waals surface area (Å²) < 4.78 is 32.8. The van der Waals surface area contributed by atoms with Gasteiger partial charge in [-0.05, 0) is 12.1 Å². The SMILES string of the molecule is COC(=O)c1cc(F)c(F)cc1NC(O)c1cc2ncccn2n1. The van der Waals surface area contributed by atoms with Crippen molar-refractivity contribution in [3.05, 3.63) is 59.6 Å². The zero-order valence-corrected chi connectivity index (χ0v) is 12.4. The Bertz CT molecular complexity index is 880. The fraction of sp³-hybridized carbons (Fsp3) is 0.133. The molecule has 2 aromatic heterocycles. The molecule has 0 saturated heterocycles. The maximum atomic E-state index is 13.5. The van der Waals surface area contributed by atoms with Crippen molar-refractivity contribution < 1.29 is 23.4 Å². The van der Waals surface area contributed by atoms with E-state index in [0.717, 1.165) is 13.2 Å². The number of methoxy groups -OCH3 is 1. The number of benzene rings is 1. The highest BCUT2D eigenvalue weighted by atomic mass is 19.2. The van der Waals surface area contributed by atoms with Crippen molar-refractivity contribution in [2.45, 2.75) is 6.23 Å². The lowest BCUT2D eigenvalue weighted by atomic mass is 10.1. The van der Waals surface area contributed by atoms with Gasteiger partial charge < -0.3 is 15.2 Å². The minimum atomic E-state index is -1.38. The van der Waals surface area contributed by atoms with E-state index in [-0.39, 0.29) is 16.9 Å². The zero-order chi connectivity index (χ0) is 17.3. The molecule has 1 atom stereocenters. The van der Waals surface area contributed by atoms with Crippen molar-refractivity contribution in [1.82, 2.24) is 14.6 Å². The lowest BCUT2D eigenvalue weighted by molar-refractivity contribution is 0.0601. The number of halogens is 2. The molecule has 0 amide bonds. The van der Waals surface area contributed by atoms with E-state index in [9.17, 15) is 18.7 Å². The number of carbonyl (C=O) groups is 1. The molecule has 124 valence electrons. The first kappa shape index (κ1) is 15.8. The van der Waals surface area contributed by atoms with Gasteiger partial charge in [0.2, 0.25) is 0 Å². The number of aliphatic hydroxyl groups is 1. The summed E-state index contributed by atoms with van der Waals surface area (Å²) in [5.74, 6) is -3.25. The van der Waals surface area contributed by atoms with E-state index >= 15 is 0 Å². The largest absolute Gasteiger partial charge is 0.465 e. The number of ether oxygens (including phenoxy) is 1. The molecule has 0 radical (unpaired) electrons. The molecule has 0 spiro atoms. The van der Waals surface area contributed by atoms with E-state index in [1.54, 1.807) is 18.5 Å². The van der Waals surface area contributed by atoms with E-state index in [4.69, 9.17) is 0 Å². The number of rotatable bonds is 4. The Labute approximate surface area is 134 Å². The van der Waals surface area contributed by atoms with Crippen molar-refractivity contribution in [1.29, 1.82) is 0 Å². The third-order valence-electron chi connectivity index (χ3n) is 3.29. The highest BCUT2D eigenvalue weighted by Crippen LogP contribution is 2.24. The number of esters is 1. The van der Waals surface area contributed by atoms with Crippen LogP contribution >= 0.6 is 0 Å². The Hall–Kier alpha value is -3.07. The van der Waals surface area contributed by atoms with Gasteiger partial charge >= 0.3 is 5.97 Å². The number of fused-ring (bicyclic) bond motifs is 1. The quantitative estimate of drug-likeness (QED) is 0.560. The van der Waals surface area contributed by atoms with Gasteiger partial charge in [0.15, 0.2) is 23.5 Å². The van der Waals surface area contributed by atoms with E-state index in [0.29, 0.717) is 11.7 Å². The summed E-state index contributed by atoms with van der Waals surface area (Å²) in [5, 5.41) is 16.8. The minimum Gasteiger partial charge on any atom is -0.465 e. The summed E-state index contributed by atoms with van der Waals surface area (Å²) in [4.78, 5) is 15.7. The predicted octanol–water partition coefficient (Wildman–Crippen LogP) is 1.90. The number of hydrogen-bond donors (Lipinski definition) is 2. The van der Waals surface area contributed by atoms with Crippen LogP contribution in [0.15, 0.2) is 36.7 Å². The number of aromatic nitrogens is 3. The Kier molecular flexibility index (Phi) is 4.09. The van der Waals surface area contributed by atoms with E-state index < -0.39 is 23.8 Å². The maximum Gasteiger partial charge on any atom is 0.340 e. The van der Waals surface area contributed by atoms with E-state index in [2.05, 4.69) is 20.1 Å². The smallest absolute Gasteiger partial charge is 0.340 e. The Morgan fingerprint density at radius 3 is 2.79 bits per heavy atom. The highest BCUT2D eigenvalue weighted by Gasteiger charge is 2.20. The molecule has 0 fully saturated rings. The third-order valence-corrected chi connectivity index (χ3v) is 3.29. The van der Waals surface area contributed by atoms with Gasteiger partial charge in [-0.15, -0.1) is 0 Å². The molecule has 2 N–H and O–H groups in total. The maximum absolute atomic E-state index is 13.5. The average Bonchev–Trinajstić information content (AvgIpc) is 3.01. The van der Waals surface area contributed by atoms with Crippen LogP contribution in [0.1, 0.15) is 22.3 Å². The molecule has 7 nitrogen and oxygen atoms in total. The fourth-order valence-corrected chi connectivity index (χ4v) is 2.15. The zero-order valence-electron chi connectivity index (χ0n) is 12.4. The topological polar surface area (TPSA) is 88.8 Å². The normalized spacial score (nSPS) is 12.2. The van der Waals surface area contributed by atoms with Crippen LogP contribution in [0, 0.1) is 11.6 Å². The first-order valence-corrected chi connectivity index (χ1v) is 6.82.